The lowest BCUT2D eigenvalue weighted by molar-refractivity contribution is -0.112. The molecule has 1 N–H and O–H groups in total. The standard InChI is InChI=1S/C19H18N2O3S/c1-23-16-7-5-4-6-15(16)21-19(22)14(12-20)10-13-8-9-18(25-3)17(11-13)24-2/h4-11H,1-3H3,(H,21,22). The molecule has 0 fully saturated rings. The summed E-state index contributed by atoms with van der Waals surface area (Å²) >= 11 is 1.56. The summed E-state index contributed by atoms with van der Waals surface area (Å²) in [6.45, 7) is 0. The van der Waals surface area contributed by atoms with Crippen LogP contribution in [0.4, 0.5) is 5.69 Å². The van der Waals surface area contributed by atoms with Crippen molar-refractivity contribution in [2.24, 2.45) is 0 Å². The predicted octanol–water partition coefficient (Wildman–Crippen LogP) is 3.97. The molecule has 0 heterocycles. The fourth-order valence-electron chi connectivity index (χ4n) is 2.20. The third-order valence-corrected chi connectivity index (χ3v) is 4.22. The molecule has 5 nitrogen and oxygen atoms in total. The number of thioether (sulfide) groups is 1. The van der Waals surface area contributed by atoms with Crippen molar-refractivity contribution >= 4 is 29.4 Å². The van der Waals surface area contributed by atoms with E-state index in [2.05, 4.69) is 5.32 Å². The Labute approximate surface area is 151 Å². The molecule has 6 heteroatoms. The molecule has 0 radical (unpaired) electrons. The first-order valence-electron chi connectivity index (χ1n) is 7.41. The summed E-state index contributed by atoms with van der Waals surface area (Å²) in [4.78, 5) is 13.4. The number of nitriles is 1. The summed E-state index contributed by atoms with van der Waals surface area (Å²) in [5, 5.41) is 12.0. The number of hydrogen-bond acceptors (Lipinski definition) is 5. The summed E-state index contributed by atoms with van der Waals surface area (Å²) in [6.07, 6.45) is 3.48. The molecule has 0 saturated heterocycles. The van der Waals surface area contributed by atoms with Crippen LogP contribution in [0.25, 0.3) is 6.08 Å². The van der Waals surface area contributed by atoms with Crippen LogP contribution in [0.2, 0.25) is 0 Å². The highest BCUT2D eigenvalue weighted by Gasteiger charge is 2.12. The molecule has 128 valence electrons. The third-order valence-electron chi connectivity index (χ3n) is 3.44. The van der Waals surface area contributed by atoms with Gasteiger partial charge >= 0.3 is 0 Å². The normalized spacial score (nSPS) is 10.7. The van der Waals surface area contributed by atoms with Crippen LogP contribution in [0.5, 0.6) is 11.5 Å². The molecule has 25 heavy (non-hydrogen) atoms. The Kier molecular flexibility index (Phi) is 6.49. The highest BCUT2D eigenvalue weighted by atomic mass is 32.2. The minimum absolute atomic E-state index is 0.00939. The Balaban J connectivity index is 2.28. The van der Waals surface area contributed by atoms with Crippen LogP contribution in [-0.2, 0) is 4.79 Å². The second-order valence-corrected chi connectivity index (χ2v) is 5.79. The molecule has 0 aliphatic carbocycles. The number of methoxy groups -OCH3 is 2. The van der Waals surface area contributed by atoms with Crippen molar-refractivity contribution in [1.82, 2.24) is 0 Å². The molecule has 0 unspecified atom stereocenters. The van der Waals surface area contributed by atoms with Crippen LogP contribution < -0.4 is 14.8 Å². The molecule has 0 atom stereocenters. The van der Waals surface area contributed by atoms with E-state index in [1.54, 1.807) is 49.2 Å². The van der Waals surface area contributed by atoms with E-state index < -0.39 is 5.91 Å². The number of hydrogen-bond donors (Lipinski definition) is 1. The number of nitrogens with one attached hydrogen (secondary N) is 1. The van der Waals surface area contributed by atoms with Gasteiger partial charge in [0, 0.05) is 4.90 Å². The average Bonchev–Trinajstić information content (AvgIpc) is 2.66. The zero-order valence-electron chi connectivity index (χ0n) is 14.2. The first-order chi connectivity index (χ1) is 12.1. The third kappa shape index (κ3) is 4.55. The number of carbonyl (C=O) groups excluding carboxylic acids is 1. The Morgan fingerprint density at radius 2 is 1.88 bits per heavy atom. The van der Waals surface area contributed by atoms with Crippen LogP contribution in [0.15, 0.2) is 52.9 Å². The maximum atomic E-state index is 12.4. The number of benzene rings is 2. The quantitative estimate of drug-likeness (QED) is 0.483. The molecule has 2 aromatic rings. The minimum Gasteiger partial charge on any atom is -0.496 e. The van der Waals surface area contributed by atoms with Crippen molar-refractivity contribution in [3.63, 3.8) is 0 Å². The van der Waals surface area contributed by atoms with Crippen LogP contribution >= 0.6 is 11.8 Å². The van der Waals surface area contributed by atoms with Gasteiger partial charge in [-0.15, -0.1) is 11.8 Å². The van der Waals surface area contributed by atoms with E-state index >= 15 is 0 Å². The minimum atomic E-state index is -0.500. The van der Waals surface area contributed by atoms with Gasteiger partial charge in [0.25, 0.3) is 5.91 Å². The molecule has 0 aliphatic heterocycles. The van der Waals surface area contributed by atoms with Gasteiger partial charge in [-0.25, -0.2) is 0 Å². The number of para-hydroxylation sites is 2. The molecule has 2 aromatic carbocycles. The number of carbonyl (C=O) groups is 1. The van der Waals surface area contributed by atoms with E-state index in [-0.39, 0.29) is 5.57 Å². The fraction of sp³-hybridized carbons (Fsp3) is 0.158. The second kappa shape index (κ2) is 8.81. The smallest absolute Gasteiger partial charge is 0.266 e. The first kappa shape index (κ1) is 18.4. The molecule has 2 rings (SSSR count). The molecule has 0 spiro atoms. The summed E-state index contributed by atoms with van der Waals surface area (Å²) in [5.41, 5.74) is 1.21. The van der Waals surface area contributed by atoms with Crippen LogP contribution in [0, 0.1) is 11.3 Å². The van der Waals surface area contributed by atoms with Crippen molar-refractivity contribution in [2.45, 2.75) is 4.90 Å². The molecular formula is C19H18N2O3S. The van der Waals surface area contributed by atoms with Gasteiger partial charge in [0.15, 0.2) is 0 Å². The van der Waals surface area contributed by atoms with Gasteiger partial charge in [-0.2, -0.15) is 5.26 Å². The van der Waals surface area contributed by atoms with Gasteiger partial charge in [-0.1, -0.05) is 18.2 Å². The maximum Gasteiger partial charge on any atom is 0.266 e. The van der Waals surface area contributed by atoms with Gasteiger partial charge in [0.2, 0.25) is 0 Å². The highest BCUT2D eigenvalue weighted by Crippen LogP contribution is 2.29. The average molecular weight is 354 g/mol. The van der Waals surface area contributed by atoms with Crippen molar-refractivity contribution in [3.05, 3.63) is 53.6 Å². The summed E-state index contributed by atoms with van der Waals surface area (Å²) in [5.74, 6) is 0.725. The Morgan fingerprint density at radius 1 is 1.16 bits per heavy atom. The molecule has 1 amide bonds. The lowest BCUT2D eigenvalue weighted by Crippen LogP contribution is -2.14. The molecule has 0 saturated carbocycles. The van der Waals surface area contributed by atoms with Gasteiger partial charge < -0.3 is 14.8 Å². The lowest BCUT2D eigenvalue weighted by atomic mass is 10.1. The Hall–Kier alpha value is -2.91. The molecule has 0 bridgehead atoms. The summed E-state index contributed by atoms with van der Waals surface area (Å²) in [7, 11) is 3.10. The Bertz CT molecular complexity index is 841. The van der Waals surface area contributed by atoms with E-state index in [1.807, 2.05) is 24.5 Å². The van der Waals surface area contributed by atoms with Crippen molar-refractivity contribution in [1.29, 1.82) is 5.26 Å². The van der Waals surface area contributed by atoms with E-state index in [0.717, 1.165) is 4.90 Å². The Morgan fingerprint density at radius 3 is 2.52 bits per heavy atom. The second-order valence-electron chi connectivity index (χ2n) is 4.94. The van der Waals surface area contributed by atoms with Gasteiger partial charge in [-0.3, -0.25) is 4.79 Å². The number of ether oxygens (including phenoxy) is 2. The molecule has 0 aromatic heterocycles. The maximum absolute atomic E-state index is 12.4. The first-order valence-corrected chi connectivity index (χ1v) is 8.63. The lowest BCUT2D eigenvalue weighted by Gasteiger charge is -2.10. The van der Waals surface area contributed by atoms with E-state index in [1.165, 1.54) is 13.2 Å². The predicted molar refractivity (Wildman–Crippen MR) is 100.0 cm³/mol. The molecule has 0 aliphatic rings. The van der Waals surface area contributed by atoms with Crippen molar-refractivity contribution in [3.8, 4) is 17.6 Å². The largest absolute Gasteiger partial charge is 0.496 e. The van der Waals surface area contributed by atoms with Crippen LogP contribution in [0.3, 0.4) is 0 Å². The van der Waals surface area contributed by atoms with Crippen molar-refractivity contribution in [2.75, 3.05) is 25.8 Å². The number of nitrogens with zero attached hydrogens (tertiary/aromatic N) is 1. The van der Waals surface area contributed by atoms with Gasteiger partial charge in [0.05, 0.1) is 19.9 Å². The number of anilines is 1. The van der Waals surface area contributed by atoms with Crippen LogP contribution in [-0.4, -0.2) is 26.4 Å². The molecular weight excluding hydrogens is 336 g/mol. The number of rotatable bonds is 6. The van der Waals surface area contributed by atoms with E-state index in [4.69, 9.17) is 9.47 Å². The van der Waals surface area contributed by atoms with Gasteiger partial charge in [0.1, 0.15) is 23.1 Å². The topological polar surface area (TPSA) is 71.3 Å². The monoisotopic (exact) mass is 354 g/mol. The zero-order valence-corrected chi connectivity index (χ0v) is 15.0. The fourth-order valence-corrected chi connectivity index (χ4v) is 2.74. The van der Waals surface area contributed by atoms with Crippen molar-refractivity contribution < 1.29 is 14.3 Å². The van der Waals surface area contributed by atoms with E-state index in [0.29, 0.717) is 22.7 Å². The SMILES string of the molecule is COc1ccccc1NC(=O)C(C#N)=Cc1ccc(SC)c(OC)c1. The zero-order chi connectivity index (χ0) is 18.2. The van der Waals surface area contributed by atoms with Crippen LogP contribution in [0.1, 0.15) is 5.56 Å². The summed E-state index contributed by atoms with van der Waals surface area (Å²) in [6, 6.07) is 14.5. The number of amides is 1. The van der Waals surface area contributed by atoms with E-state index in [9.17, 15) is 10.1 Å². The highest BCUT2D eigenvalue weighted by molar-refractivity contribution is 7.98. The van der Waals surface area contributed by atoms with Gasteiger partial charge in [-0.05, 0) is 42.2 Å². The summed E-state index contributed by atoms with van der Waals surface area (Å²) < 4.78 is 10.5.